The maximum absolute atomic E-state index is 12.7. The first-order valence-electron chi connectivity index (χ1n) is 9.16. The summed E-state index contributed by atoms with van der Waals surface area (Å²) >= 11 is 3.40. The quantitative estimate of drug-likeness (QED) is 0.740. The number of rotatable bonds is 3. The average Bonchev–Trinajstić information content (AvgIpc) is 2.75. The summed E-state index contributed by atoms with van der Waals surface area (Å²) in [5, 5.41) is 0. The van der Waals surface area contributed by atoms with Crippen LogP contribution in [0.3, 0.4) is 0 Å². The molecule has 0 radical (unpaired) electrons. The van der Waals surface area contributed by atoms with Crippen molar-refractivity contribution in [1.29, 1.82) is 0 Å². The SMILES string of the molecule is O=C(c1ccc(Br)cc1)N1CCN(c2ccnc(N3CCOCC3)n2)CC1. The number of aromatic nitrogens is 2. The highest BCUT2D eigenvalue weighted by atomic mass is 79.9. The molecule has 2 aromatic rings. The van der Waals surface area contributed by atoms with Gasteiger partial charge in [0.25, 0.3) is 5.91 Å². The Bertz CT molecular complexity index is 787. The minimum absolute atomic E-state index is 0.0823. The molecule has 0 aliphatic carbocycles. The molecule has 142 valence electrons. The summed E-state index contributed by atoms with van der Waals surface area (Å²) < 4.78 is 6.37. The standard InChI is InChI=1S/C19H22BrN5O2/c20-16-3-1-15(2-4-16)18(26)24-9-7-23(8-10-24)17-5-6-21-19(22-17)25-11-13-27-14-12-25/h1-6H,7-14H2. The summed E-state index contributed by atoms with van der Waals surface area (Å²) in [4.78, 5) is 28.1. The Kier molecular flexibility index (Phi) is 5.54. The average molecular weight is 432 g/mol. The van der Waals surface area contributed by atoms with E-state index < -0.39 is 0 Å². The number of amides is 1. The van der Waals surface area contributed by atoms with Gasteiger partial charge in [-0.25, -0.2) is 4.98 Å². The van der Waals surface area contributed by atoms with Crippen LogP contribution in [0.1, 0.15) is 10.4 Å². The van der Waals surface area contributed by atoms with Crippen LogP contribution in [0.4, 0.5) is 11.8 Å². The molecule has 2 aliphatic rings. The van der Waals surface area contributed by atoms with Crippen molar-refractivity contribution in [2.45, 2.75) is 0 Å². The van der Waals surface area contributed by atoms with Gasteiger partial charge in [-0.1, -0.05) is 15.9 Å². The van der Waals surface area contributed by atoms with Gasteiger partial charge in [-0.05, 0) is 30.3 Å². The molecule has 0 spiro atoms. The first kappa shape index (κ1) is 18.2. The molecular formula is C19H22BrN5O2. The second kappa shape index (κ2) is 8.22. The zero-order valence-electron chi connectivity index (χ0n) is 15.1. The number of halogens is 1. The lowest BCUT2D eigenvalue weighted by Gasteiger charge is -2.36. The number of morpholine rings is 1. The molecule has 1 aromatic heterocycles. The molecule has 3 heterocycles. The van der Waals surface area contributed by atoms with E-state index in [9.17, 15) is 4.79 Å². The van der Waals surface area contributed by atoms with Crippen molar-refractivity contribution in [3.63, 3.8) is 0 Å². The topological polar surface area (TPSA) is 61.8 Å². The van der Waals surface area contributed by atoms with Crippen LogP contribution in [-0.2, 0) is 4.74 Å². The molecule has 2 saturated heterocycles. The summed E-state index contributed by atoms with van der Waals surface area (Å²) in [6.45, 7) is 5.97. The number of nitrogens with zero attached hydrogens (tertiary/aromatic N) is 5. The van der Waals surface area contributed by atoms with Gasteiger partial charge < -0.3 is 19.4 Å². The molecule has 0 saturated carbocycles. The molecule has 7 nitrogen and oxygen atoms in total. The second-order valence-corrected chi connectivity index (χ2v) is 7.52. The minimum atomic E-state index is 0.0823. The number of benzene rings is 1. The van der Waals surface area contributed by atoms with E-state index in [1.165, 1.54) is 0 Å². The molecule has 2 fully saturated rings. The van der Waals surface area contributed by atoms with Gasteiger partial charge in [0, 0.05) is 55.5 Å². The first-order valence-corrected chi connectivity index (χ1v) is 9.95. The number of ether oxygens (including phenoxy) is 1. The zero-order chi connectivity index (χ0) is 18.6. The van der Waals surface area contributed by atoms with Crippen molar-refractivity contribution in [1.82, 2.24) is 14.9 Å². The van der Waals surface area contributed by atoms with Gasteiger partial charge >= 0.3 is 0 Å². The van der Waals surface area contributed by atoms with E-state index in [2.05, 4.69) is 30.7 Å². The molecule has 0 atom stereocenters. The lowest BCUT2D eigenvalue weighted by molar-refractivity contribution is 0.0746. The van der Waals surface area contributed by atoms with Gasteiger partial charge in [0.1, 0.15) is 5.82 Å². The van der Waals surface area contributed by atoms with Gasteiger partial charge in [0.15, 0.2) is 0 Å². The monoisotopic (exact) mass is 431 g/mol. The summed E-state index contributed by atoms with van der Waals surface area (Å²) in [6, 6.07) is 9.46. The van der Waals surface area contributed by atoms with Crippen LogP contribution in [-0.4, -0.2) is 73.3 Å². The zero-order valence-corrected chi connectivity index (χ0v) is 16.6. The van der Waals surface area contributed by atoms with Crippen LogP contribution in [0.2, 0.25) is 0 Å². The van der Waals surface area contributed by atoms with Crippen LogP contribution in [0.5, 0.6) is 0 Å². The van der Waals surface area contributed by atoms with E-state index >= 15 is 0 Å². The molecular weight excluding hydrogens is 410 g/mol. The smallest absolute Gasteiger partial charge is 0.253 e. The number of carbonyl (C=O) groups is 1. The second-order valence-electron chi connectivity index (χ2n) is 6.60. The van der Waals surface area contributed by atoms with Crippen LogP contribution < -0.4 is 9.80 Å². The van der Waals surface area contributed by atoms with E-state index in [1.54, 1.807) is 0 Å². The number of carbonyl (C=O) groups excluding carboxylic acids is 1. The molecule has 1 aromatic carbocycles. The van der Waals surface area contributed by atoms with Crippen molar-refractivity contribution < 1.29 is 9.53 Å². The van der Waals surface area contributed by atoms with E-state index in [0.717, 1.165) is 48.0 Å². The fraction of sp³-hybridized carbons (Fsp3) is 0.421. The molecule has 27 heavy (non-hydrogen) atoms. The van der Waals surface area contributed by atoms with Crippen LogP contribution in [0.15, 0.2) is 41.0 Å². The predicted molar refractivity (Wildman–Crippen MR) is 107 cm³/mol. The van der Waals surface area contributed by atoms with E-state index in [4.69, 9.17) is 9.72 Å². The van der Waals surface area contributed by atoms with Gasteiger partial charge in [-0.2, -0.15) is 4.98 Å². The number of anilines is 2. The molecule has 4 rings (SSSR count). The molecule has 0 bridgehead atoms. The number of piperazine rings is 1. The molecule has 8 heteroatoms. The van der Waals surface area contributed by atoms with Crippen molar-refractivity contribution in [3.8, 4) is 0 Å². The van der Waals surface area contributed by atoms with E-state index in [-0.39, 0.29) is 5.91 Å². The van der Waals surface area contributed by atoms with Gasteiger partial charge in [-0.15, -0.1) is 0 Å². The first-order chi connectivity index (χ1) is 13.2. The fourth-order valence-corrected chi connectivity index (χ4v) is 3.61. The van der Waals surface area contributed by atoms with Gasteiger partial charge in [-0.3, -0.25) is 4.79 Å². The third kappa shape index (κ3) is 4.22. The molecule has 0 unspecified atom stereocenters. The third-order valence-electron chi connectivity index (χ3n) is 4.90. The number of hydrogen-bond acceptors (Lipinski definition) is 6. The Morgan fingerprint density at radius 3 is 2.33 bits per heavy atom. The lowest BCUT2D eigenvalue weighted by atomic mass is 10.2. The largest absolute Gasteiger partial charge is 0.378 e. The van der Waals surface area contributed by atoms with Crippen molar-refractivity contribution in [2.75, 3.05) is 62.3 Å². The Labute approximate surface area is 167 Å². The third-order valence-corrected chi connectivity index (χ3v) is 5.43. The Balaban J connectivity index is 1.39. The predicted octanol–water partition coefficient (Wildman–Crippen LogP) is 2.04. The van der Waals surface area contributed by atoms with Crippen LogP contribution in [0.25, 0.3) is 0 Å². The summed E-state index contributed by atoms with van der Waals surface area (Å²) in [7, 11) is 0. The van der Waals surface area contributed by atoms with Crippen LogP contribution in [0, 0.1) is 0 Å². The maximum atomic E-state index is 12.7. The molecule has 0 N–H and O–H groups in total. The highest BCUT2D eigenvalue weighted by Crippen LogP contribution is 2.19. The minimum Gasteiger partial charge on any atom is -0.378 e. The Hall–Kier alpha value is -2.19. The van der Waals surface area contributed by atoms with E-state index in [1.807, 2.05) is 41.4 Å². The molecule has 1 amide bonds. The Morgan fingerprint density at radius 1 is 0.926 bits per heavy atom. The highest BCUT2D eigenvalue weighted by Gasteiger charge is 2.23. The Morgan fingerprint density at radius 2 is 1.63 bits per heavy atom. The summed E-state index contributed by atoms with van der Waals surface area (Å²) in [5.41, 5.74) is 0.725. The van der Waals surface area contributed by atoms with Crippen molar-refractivity contribution in [3.05, 3.63) is 46.6 Å². The van der Waals surface area contributed by atoms with E-state index in [0.29, 0.717) is 26.3 Å². The maximum Gasteiger partial charge on any atom is 0.253 e. The van der Waals surface area contributed by atoms with Crippen molar-refractivity contribution >= 4 is 33.6 Å². The highest BCUT2D eigenvalue weighted by molar-refractivity contribution is 9.10. The van der Waals surface area contributed by atoms with Crippen LogP contribution >= 0.6 is 15.9 Å². The summed E-state index contributed by atoms with van der Waals surface area (Å²) in [6.07, 6.45) is 1.81. The lowest BCUT2D eigenvalue weighted by Crippen LogP contribution is -2.49. The number of hydrogen-bond donors (Lipinski definition) is 0. The van der Waals surface area contributed by atoms with Gasteiger partial charge in [0.05, 0.1) is 13.2 Å². The summed E-state index contributed by atoms with van der Waals surface area (Å²) in [5.74, 6) is 1.75. The van der Waals surface area contributed by atoms with Crippen molar-refractivity contribution in [2.24, 2.45) is 0 Å². The van der Waals surface area contributed by atoms with Gasteiger partial charge in [0.2, 0.25) is 5.95 Å². The molecule has 2 aliphatic heterocycles. The fourth-order valence-electron chi connectivity index (χ4n) is 3.34. The normalized spacial score (nSPS) is 17.9.